The minimum absolute atomic E-state index is 0.0552. The van der Waals surface area contributed by atoms with Crippen LogP contribution in [-0.4, -0.2) is 57.6 Å². The van der Waals surface area contributed by atoms with Crippen molar-refractivity contribution in [3.8, 4) is 0 Å². The van der Waals surface area contributed by atoms with Crippen LogP contribution in [0.3, 0.4) is 0 Å². The number of aryl methyl sites for hydroxylation is 2. The van der Waals surface area contributed by atoms with Crippen LogP contribution < -0.4 is 10.0 Å². The van der Waals surface area contributed by atoms with Crippen LogP contribution >= 0.6 is 0 Å². The fourth-order valence-electron chi connectivity index (χ4n) is 3.74. The Morgan fingerprint density at radius 3 is 2.35 bits per heavy atom. The minimum atomic E-state index is -3.80. The average Bonchev–Trinajstić information content (AvgIpc) is 2.69. The first-order chi connectivity index (χ1) is 14.6. The maximum Gasteiger partial charge on any atom is 0.261 e. The molecule has 2 unspecified atom stereocenters. The topological polar surface area (TPSA) is 87.7 Å². The SMILES string of the molecule is Cc1ccc(NS(=O)(=O)c2ccc(C)c(C(=O)NCCN3CC(C)OC(C)C3)c2)cc1. The van der Waals surface area contributed by atoms with Gasteiger partial charge in [-0.3, -0.25) is 14.4 Å². The summed E-state index contributed by atoms with van der Waals surface area (Å²) in [6.45, 7) is 10.7. The van der Waals surface area contributed by atoms with Gasteiger partial charge in [0.1, 0.15) is 0 Å². The zero-order valence-electron chi connectivity index (χ0n) is 18.5. The van der Waals surface area contributed by atoms with E-state index in [4.69, 9.17) is 4.74 Å². The molecule has 1 heterocycles. The number of nitrogens with one attached hydrogen (secondary N) is 2. The summed E-state index contributed by atoms with van der Waals surface area (Å²) in [5.74, 6) is -0.278. The van der Waals surface area contributed by atoms with Crippen LogP contribution in [0.15, 0.2) is 47.4 Å². The smallest absolute Gasteiger partial charge is 0.261 e. The van der Waals surface area contributed by atoms with Crippen molar-refractivity contribution < 1.29 is 17.9 Å². The molecule has 0 spiro atoms. The molecule has 1 aliphatic rings. The predicted molar refractivity (Wildman–Crippen MR) is 122 cm³/mol. The molecule has 1 aliphatic heterocycles. The fraction of sp³-hybridized carbons (Fsp3) is 0.435. The molecule has 8 heteroatoms. The first-order valence-corrected chi connectivity index (χ1v) is 12.0. The van der Waals surface area contributed by atoms with Crippen molar-refractivity contribution >= 4 is 21.6 Å². The van der Waals surface area contributed by atoms with Gasteiger partial charge in [-0.15, -0.1) is 0 Å². The number of carbonyl (C=O) groups excluding carboxylic acids is 1. The van der Waals surface area contributed by atoms with Gasteiger partial charge in [-0.25, -0.2) is 8.42 Å². The number of rotatable bonds is 7. The summed E-state index contributed by atoms with van der Waals surface area (Å²) in [7, 11) is -3.80. The van der Waals surface area contributed by atoms with Gasteiger partial charge in [-0.1, -0.05) is 23.8 Å². The quantitative estimate of drug-likeness (QED) is 0.684. The summed E-state index contributed by atoms with van der Waals surface area (Å²) in [6, 6.07) is 11.7. The highest BCUT2D eigenvalue weighted by Crippen LogP contribution is 2.20. The number of carbonyl (C=O) groups is 1. The molecular formula is C23H31N3O4S. The molecular weight excluding hydrogens is 414 g/mol. The van der Waals surface area contributed by atoms with Crippen molar-refractivity contribution in [1.29, 1.82) is 0 Å². The molecule has 31 heavy (non-hydrogen) atoms. The molecule has 0 saturated carbocycles. The van der Waals surface area contributed by atoms with Crippen molar-refractivity contribution in [3.63, 3.8) is 0 Å². The fourth-order valence-corrected chi connectivity index (χ4v) is 4.82. The van der Waals surface area contributed by atoms with Gasteiger partial charge in [-0.05, 0) is 57.5 Å². The molecule has 2 N–H and O–H groups in total. The van der Waals surface area contributed by atoms with Gasteiger partial charge in [0.05, 0.1) is 17.1 Å². The zero-order chi connectivity index (χ0) is 22.6. The number of anilines is 1. The summed E-state index contributed by atoms with van der Waals surface area (Å²) < 4.78 is 33.9. The third-order valence-corrected chi connectivity index (χ3v) is 6.66. The van der Waals surface area contributed by atoms with Crippen LogP contribution in [0, 0.1) is 13.8 Å². The molecule has 0 aromatic heterocycles. The molecule has 2 aromatic rings. The van der Waals surface area contributed by atoms with E-state index in [-0.39, 0.29) is 23.0 Å². The highest BCUT2D eigenvalue weighted by Gasteiger charge is 2.22. The minimum Gasteiger partial charge on any atom is -0.373 e. The number of hydrogen-bond acceptors (Lipinski definition) is 5. The molecule has 7 nitrogen and oxygen atoms in total. The van der Waals surface area contributed by atoms with Crippen LogP contribution in [0.25, 0.3) is 0 Å². The summed E-state index contributed by atoms with van der Waals surface area (Å²) in [4.78, 5) is 15.1. The highest BCUT2D eigenvalue weighted by molar-refractivity contribution is 7.92. The van der Waals surface area contributed by atoms with Crippen molar-refractivity contribution in [2.75, 3.05) is 30.9 Å². The van der Waals surface area contributed by atoms with Gasteiger partial charge in [0.2, 0.25) is 0 Å². The molecule has 3 rings (SSSR count). The van der Waals surface area contributed by atoms with E-state index in [2.05, 4.69) is 14.9 Å². The molecule has 0 radical (unpaired) electrons. The van der Waals surface area contributed by atoms with Crippen LogP contribution in [0.1, 0.15) is 35.3 Å². The standard InChI is InChI=1S/C23H31N3O4S/c1-16-5-8-20(9-6-16)25-31(28,29)21-10-7-17(2)22(13-21)23(27)24-11-12-26-14-18(3)30-19(4)15-26/h5-10,13,18-19,25H,11-12,14-15H2,1-4H3,(H,24,27). The Balaban J connectivity index is 1.65. The Hall–Kier alpha value is -2.42. The Labute approximate surface area is 184 Å². The molecule has 0 aliphatic carbocycles. The Morgan fingerprint density at radius 1 is 1.06 bits per heavy atom. The van der Waals surface area contributed by atoms with Crippen molar-refractivity contribution in [1.82, 2.24) is 10.2 Å². The van der Waals surface area contributed by atoms with E-state index in [1.807, 2.05) is 32.9 Å². The normalized spacial score (nSPS) is 19.7. The monoisotopic (exact) mass is 445 g/mol. The molecule has 1 amide bonds. The summed E-state index contributed by atoms with van der Waals surface area (Å²) in [5, 5.41) is 2.91. The van der Waals surface area contributed by atoms with Crippen molar-refractivity contribution in [2.45, 2.75) is 44.8 Å². The summed E-state index contributed by atoms with van der Waals surface area (Å²) in [6.07, 6.45) is 0.342. The van der Waals surface area contributed by atoms with Gasteiger partial charge in [0, 0.05) is 37.4 Å². The maximum atomic E-state index is 12.8. The number of sulfonamides is 1. The van der Waals surface area contributed by atoms with E-state index in [0.717, 1.165) is 30.8 Å². The molecule has 1 fully saturated rings. The van der Waals surface area contributed by atoms with Gasteiger partial charge in [0.15, 0.2) is 0 Å². The largest absolute Gasteiger partial charge is 0.373 e. The number of amides is 1. The van der Waals surface area contributed by atoms with Crippen LogP contribution in [0.2, 0.25) is 0 Å². The average molecular weight is 446 g/mol. The first-order valence-electron chi connectivity index (χ1n) is 10.5. The third kappa shape index (κ3) is 6.29. The number of morpholine rings is 1. The van der Waals surface area contributed by atoms with Gasteiger partial charge in [0.25, 0.3) is 15.9 Å². The lowest BCUT2D eigenvalue weighted by atomic mass is 10.1. The highest BCUT2D eigenvalue weighted by atomic mass is 32.2. The number of ether oxygens (including phenoxy) is 1. The Bertz CT molecular complexity index is 1010. The Kier molecular flexibility index (Phi) is 7.35. The van der Waals surface area contributed by atoms with E-state index in [1.165, 1.54) is 12.1 Å². The second-order valence-corrected chi connectivity index (χ2v) is 9.90. The van der Waals surface area contributed by atoms with Crippen molar-refractivity contribution in [2.24, 2.45) is 0 Å². The molecule has 168 valence electrons. The predicted octanol–water partition coefficient (Wildman–Crippen LogP) is 2.94. The van der Waals surface area contributed by atoms with E-state index >= 15 is 0 Å². The van der Waals surface area contributed by atoms with Crippen LogP contribution in [0.5, 0.6) is 0 Å². The number of nitrogens with zero attached hydrogens (tertiary/aromatic N) is 1. The van der Waals surface area contributed by atoms with E-state index in [0.29, 0.717) is 17.8 Å². The van der Waals surface area contributed by atoms with Crippen LogP contribution in [-0.2, 0) is 14.8 Å². The van der Waals surface area contributed by atoms with Crippen LogP contribution in [0.4, 0.5) is 5.69 Å². The second-order valence-electron chi connectivity index (χ2n) is 8.22. The lowest BCUT2D eigenvalue weighted by Crippen LogP contribution is -2.47. The molecule has 1 saturated heterocycles. The summed E-state index contributed by atoms with van der Waals surface area (Å²) >= 11 is 0. The van der Waals surface area contributed by atoms with E-state index in [1.54, 1.807) is 25.1 Å². The number of hydrogen-bond donors (Lipinski definition) is 2. The molecule has 2 aromatic carbocycles. The first kappa shape index (κ1) is 23.2. The lowest BCUT2D eigenvalue weighted by molar-refractivity contribution is -0.0672. The van der Waals surface area contributed by atoms with E-state index in [9.17, 15) is 13.2 Å². The van der Waals surface area contributed by atoms with E-state index < -0.39 is 10.0 Å². The summed E-state index contributed by atoms with van der Waals surface area (Å²) in [5.41, 5.74) is 2.60. The Morgan fingerprint density at radius 2 is 1.71 bits per heavy atom. The van der Waals surface area contributed by atoms with Crippen molar-refractivity contribution in [3.05, 3.63) is 59.2 Å². The second kappa shape index (κ2) is 9.80. The number of benzene rings is 2. The molecule has 0 bridgehead atoms. The third-order valence-electron chi connectivity index (χ3n) is 5.28. The maximum absolute atomic E-state index is 12.8. The zero-order valence-corrected chi connectivity index (χ0v) is 19.3. The van der Waals surface area contributed by atoms with Gasteiger partial charge < -0.3 is 10.1 Å². The van der Waals surface area contributed by atoms with Gasteiger partial charge >= 0.3 is 0 Å². The molecule has 2 atom stereocenters. The lowest BCUT2D eigenvalue weighted by Gasteiger charge is -2.35. The van der Waals surface area contributed by atoms with Gasteiger partial charge in [-0.2, -0.15) is 0 Å².